The summed E-state index contributed by atoms with van der Waals surface area (Å²) in [4.78, 5) is 25.9. The summed E-state index contributed by atoms with van der Waals surface area (Å²) in [5.74, 6) is -0.169. The van der Waals surface area contributed by atoms with Crippen molar-refractivity contribution in [2.24, 2.45) is 0 Å². The van der Waals surface area contributed by atoms with Crippen molar-refractivity contribution in [3.63, 3.8) is 0 Å². The number of nitrogens with one attached hydrogen (secondary N) is 2. The minimum absolute atomic E-state index is 0.0816. The predicted molar refractivity (Wildman–Crippen MR) is 99.0 cm³/mol. The van der Waals surface area contributed by atoms with Crippen molar-refractivity contribution in [1.29, 1.82) is 0 Å². The molecule has 0 fully saturated rings. The van der Waals surface area contributed by atoms with Gasteiger partial charge in [0.2, 0.25) is 5.91 Å². The molecule has 1 aliphatic rings. The Bertz CT molecular complexity index is 816. The third kappa shape index (κ3) is 4.09. The van der Waals surface area contributed by atoms with Crippen LogP contribution < -0.4 is 10.8 Å². The number of anilines is 1. The summed E-state index contributed by atoms with van der Waals surface area (Å²) in [5, 5.41) is 11.7. The van der Waals surface area contributed by atoms with E-state index in [1.54, 1.807) is 23.7 Å². The topological polar surface area (TPSA) is 81.7 Å². The normalized spacial score (nSPS) is 14.5. The van der Waals surface area contributed by atoms with Gasteiger partial charge in [-0.3, -0.25) is 19.7 Å². The Kier molecular flexibility index (Phi) is 5.35. The highest BCUT2D eigenvalue weighted by Gasteiger charge is 2.20. The molecule has 26 heavy (non-hydrogen) atoms. The lowest BCUT2D eigenvalue weighted by molar-refractivity contribution is -0.117. The zero-order chi connectivity index (χ0) is 18.7. The van der Waals surface area contributed by atoms with Crippen LogP contribution in [0.1, 0.15) is 46.8 Å². The van der Waals surface area contributed by atoms with E-state index in [4.69, 9.17) is 5.21 Å². The molecule has 0 saturated heterocycles. The standard InChI is InChI=1S/C20H23N3O3/c1-13(2)15-5-3-14(4-6-15)10-23-11-17-9-16(20(25)22-26)7-8-18(17)21-19(24)12-23/h3-9,13,26H,10-12H2,1-2H3,(H,21,24)(H,22,25). The number of amides is 2. The SMILES string of the molecule is CC(C)c1ccc(CN2CC(=O)Nc3ccc(C(=O)NO)cc3C2)cc1. The number of fused-ring (bicyclic) bond motifs is 1. The maximum atomic E-state index is 12.2. The van der Waals surface area contributed by atoms with Gasteiger partial charge in [0.05, 0.1) is 6.54 Å². The van der Waals surface area contributed by atoms with E-state index in [-0.39, 0.29) is 12.5 Å². The quantitative estimate of drug-likeness (QED) is 0.583. The summed E-state index contributed by atoms with van der Waals surface area (Å²) in [5.41, 5.74) is 5.95. The van der Waals surface area contributed by atoms with Crippen LogP contribution in [-0.2, 0) is 17.9 Å². The molecule has 0 atom stereocenters. The van der Waals surface area contributed by atoms with Crippen LogP contribution in [0.15, 0.2) is 42.5 Å². The number of rotatable bonds is 4. The molecule has 136 valence electrons. The Morgan fingerprint density at radius 1 is 1.19 bits per heavy atom. The van der Waals surface area contributed by atoms with E-state index in [2.05, 4.69) is 43.4 Å². The fourth-order valence-corrected chi connectivity index (χ4v) is 3.12. The Labute approximate surface area is 152 Å². The minimum Gasteiger partial charge on any atom is -0.325 e. The van der Waals surface area contributed by atoms with Gasteiger partial charge in [-0.2, -0.15) is 0 Å². The molecule has 0 spiro atoms. The van der Waals surface area contributed by atoms with Crippen molar-refractivity contribution in [2.45, 2.75) is 32.9 Å². The lowest BCUT2D eigenvalue weighted by atomic mass is 10.0. The van der Waals surface area contributed by atoms with Gasteiger partial charge >= 0.3 is 0 Å². The van der Waals surface area contributed by atoms with Crippen molar-refractivity contribution in [2.75, 3.05) is 11.9 Å². The molecule has 6 heteroatoms. The molecule has 3 N–H and O–H groups in total. The molecule has 2 aromatic carbocycles. The van der Waals surface area contributed by atoms with Crippen molar-refractivity contribution in [3.8, 4) is 0 Å². The third-order valence-corrected chi connectivity index (χ3v) is 4.56. The van der Waals surface area contributed by atoms with Crippen LogP contribution in [0.5, 0.6) is 0 Å². The summed E-state index contributed by atoms with van der Waals surface area (Å²) in [6, 6.07) is 13.4. The lowest BCUT2D eigenvalue weighted by Crippen LogP contribution is -2.29. The van der Waals surface area contributed by atoms with E-state index in [9.17, 15) is 9.59 Å². The van der Waals surface area contributed by atoms with Gasteiger partial charge in [-0.15, -0.1) is 0 Å². The lowest BCUT2D eigenvalue weighted by Gasteiger charge is -2.19. The molecule has 0 aromatic heterocycles. The molecular weight excluding hydrogens is 330 g/mol. The van der Waals surface area contributed by atoms with Gasteiger partial charge < -0.3 is 5.32 Å². The Hall–Kier alpha value is -2.70. The molecule has 2 aromatic rings. The predicted octanol–water partition coefficient (Wildman–Crippen LogP) is 2.88. The van der Waals surface area contributed by atoms with Gasteiger partial charge in [0.1, 0.15) is 0 Å². The Morgan fingerprint density at radius 2 is 1.92 bits per heavy atom. The zero-order valence-electron chi connectivity index (χ0n) is 15.0. The van der Waals surface area contributed by atoms with Crippen LogP contribution >= 0.6 is 0 Å². The van der Waals surface area contributed by atoms with Crippen LogP contribution in [0.3, 0.4) is 0 Å². The monoisotopic (exact) mass is 353 g/mol. The molecule has 1 heterocycles. The number of hydrogen-bond donors (Lipinski definition) is 3. The van der Waals surface area contributed by atoms with Gasteiger partial charge in [-0.1, -0.05) is 38.1 Å². The molecule has 6 nitrogen and oxygen atoms in total. The Balaban J connectivity index is 1.81. The highest BCUT2D eigenvalue weighted by Crippen LogP contribution is 2.24. The summed E-state index contributed by atoms with van der Waals surface area (Å²) >= 11 is 0. The fraction of sp³-hybridized carbons (Fsp3) is 0.300. The van der Waals surface area contributed by atoms with E-state index < -0.39 is 5.91 Å². The van der Waals surface area contributed by atoms with Gasteiger partial charge in [-0.25, -0.2) is 5.48 Å². The van der Waals surface area contributed by atoms with Crippen LogP contribution in [0.25, 0.3) is 0 Å². The second-order valence-electron chi connectivity index (χ2n) is 6.90. The van der Waals surface area contributed by atoms with Crippen LogP contribution in [0, 0.1) is 0 Å². The number of benzene rings is 2. The fourth-order valence-electron chi connectivity index (χ4n) is 3.12. The molecule has 0 aliphatic carbocycles. The van der Waals surface area contributed by atoms with Gasteiger partial charge in [0.25, 0.3) is 5.91 Å². The largest absolute Gasteiger partial charge is 0.325 e. The van der Waals surface area contributed by atoms with Crippen LogP contribution in [0.2, 0.25) is 0 Å². The highest BCUT2D eigenvalue weighted by molar-refractivity contribution is 5.97. The molecule has 0 bridgehead atoms. The number of nitrogens with zero attached hydrogens (tertiary/aromatic N) is 1. The molecule has 3 rings (SSSR count). The first-order valence-electron chi connectivity index (χ1n) is 8.64. The van der Waals surface area contributed by atoms with Crippen molar-refractivity contribution in [1.82, 2.24) is 10.4 Å². The second-order valence-corrected chi connectivity index (χ2v) is 6.90. The first-order valence-corrected chi connectivity index (χ1v) is 8.64. The van der Waals surface area contributed by atoms with Gasteiger partial charge in [0.15, 0.2) is 0 Å². The summed E-state index contributed by atoms with van der Waals surface area (Å²) in [7, 11) is 0. The number of hydroxylamine groups is 1. The molecular formula is C20H23N3O3. The first kappa shape index (κ1) is 18.1. The number of carbonyl (C=O) groups is 2. The van der Waals surface area contributed by atoms with E-state index in [0.29, 0.717) is 30.3 Å². The summed E-state index contributed by atoms with van der Waals surface area (Å²) in [6.07, 6.45) is 0. The molecule has 0 saturated carbocycles. The van der Waals surface area contributed by atoms with Crippen LogP contribution in [0.4, 0.5) is 5.69 Å². The van der Waals surface area contributed by atoms with Gasteiger partial charge in [-0.05, 0) is 40.8 Å². The first-order chi connectivity index (χ1) is 12.5. The number of hydrogen-bond acceptors (Lipinski definition) is 4. The highest BCUT2D eigenvalue weighted by atomic mass is 16.5. The van der Waals surface area contributed by atoms with E-state index in [1.165, 1.54) is 5.56 Å². The molecule has 0 radical (unpaired) electrons. The van der Waals surface area contributed by atoms with Gasteiger partial charge in [0, 0.05) is 24.3 Å². The Morgan fingerprint density at radius 3 is 2.58 bits per heavy atom. The minimum atomic E-state index is -0.570. The van der Waals surface area contributed by atoms with E-state index in [0.717, 1.165) is 11.1 Å². The number of carbonyl (C=O) groups excluding carboxylic acids is 2. The second kappa shape index (κ2) is 7.68. The van der Waals surface area contributed by atoms with Crippen molar-refractivity contribution >= 4 is 17.5 Å². The van der Waals surface area contributed by atoms with Crippen molar-refractivity contribution in [3.05, 3.63) is 64.7 Å². The average Bonchev–Trinajstić information content (AvgIpc) is 2.78. The maximum absolute atomic E-state index is 12.2. The molecule has 0 unspecified atom stereocenters. The molecule has 2 amide bonds. The summed E-state index contributed by atoms with van der Waals surface area (Å²) in [6.45, 7) is 5.77. The smallest absolute Gasteiger partial charge is 0.274 e. The zero-order valence-corrected chi connectivity index (χ0v) is 15.0. The van der Waals surface area contributed by atoms with E-state index >= 15 is 0 Å². The van der Waals surface area contributed by atoms with Crippen LogP contribution in [-0.4, -0.2) is 28.5 Å². The maximum Gasteiger partial charge on any atom is 0.274 e. The molecule has 1 aliphatic heterocycles. The average molecular weight is 353 g/mol. The third-order valence-electron chi connectivity index (χ3n) is 4.56. The summed E-state index contributed by atoms with van der Waals surface area (Å²) < 4.78 is 0. The van der Waals surface area contributed by atoms with Crippen molar-refractivity contribution < 1.29 is 14.8 Å². The van der Waals surface area contributed by atoms with E-state index in [1.807, 2.05) is 4.90 Å².